The van der Waals surface area contributed by atoms with Gasteiger partial charge in [0.1, 0.15) is 12.6 Å². The second-order valence-corrected chi connectivity index (χ2v) is 12.0. The number of likely N-dealkylation sites (N-methyl/N-ethyl adjacent to an activating group) is 1. The Morgan fingerprint density at radius 2 is 1.59 bits per heavy atom. The molecular formula is C28H30Cl3N3O4S. The van der Waals surface area contributed by atoms with Crippen LogP contribution in [0.15, 0.2) is 71.6 Å². The summed E-state index contributed by atoms with van der Waals surface area (Å²) in [6.45, 7) is 5.20. The van der Waals surface area contributed by atoms with E-state index in [-0.39, 0.29) is 17.3 Å². The van der Waals surface area contributed by atoms with E-state index in [2.05, 4.69) is 5.32 Å². The van der Waals surface area contributed by atoms with Crippen molar-refractivity contribution < 1.29 is 18.0 Å². The number of rotatable bonds is 11. The van der Waals surface area contributed by atoms with Gasteiger partial charge in [-0.3, -0.25) is 13.9 Å². The fourth-order valence-corrected chi connectivity index (χ4v) is 6.09. The van der Waals surface area contributed by atoms with Crippen molar-refractivity contribution in [3.63, 3.8) is 0 Å². The SMILES string of the molecule is CCNC(=O)[C@H](CC)N(Cc1ccc(Cl)cc1Cl)C(=O)CN(c1cccc(C)c1)S(=O)(=O)c1ccc(Cl)cc1. The van der Waals surface area contributed by atoms with Crippen molar-refractivity contribution in [1.29, 1.82) is 0 Å². The lowest BCUT2D eigenvalue weighted by atomic mass is 10.1. The lowest BCUT2D eigenvalue weighted by molar-refractivity contribution is -0.140. The van der Waals surface area contributed by atoms with Crippen molar-refractivity contribution in [3.05, 3.63) is 92.9 Å². The Bertz CT molecular complexity index is 1430. The van der Waals surface area contributed by atoms with E-state index < -0.39 is 28.5 Å². The summed E-state index contributed by atoms with van der Waals surface area (Å²) in [6, 6.07) is 16.6. The molecule has 0 aromatic heterocycles. The number of anilines is 1. The van der Waals surface area contributed by atoms with Gasteiger partial charge in [-0.25, -0.2) is 8.42 Å². The van der Waals surface area contributed by atoms with E-state index in [1.165, 1.54) is 29.2 Å². The quantitative estimate of drug-likeness (QED) is 0.285. The maximum Gasteiger partial charge on any atom is 0.264 e. The third-order valence-electron chi connectivity index (χ3n) is 6.06. The van der Waals surface area contributed by atoms with Gasteiger partial charge < -0.3 is 10.2 Å². The molecule has 0 bridgehead atoms. The molecule has 11 heteroatoms. The van der Waals surface area contributed by atoms with Crippen LogP contribution in [-0.2, 0) is 26.2 Å². The number of carbonyl (C=O) groups excluding carboxylic acids is 2. The highest BCUT2D eigenvalue weighted by Crippen LogP contribution is 2.28. The predicted molar refractivity (Wildman–Crippen MR) is 157 cm³/mol. The topological polar surface area (TPSA) is 86.8 Å². The molecule has 7 nitrogen and oxygen atoms in total. The van der Waals surface area contributed by atoms with Gasteiger partial charge >= 0.3 is 0 Å². The first kappa shape index (κ1) is 30.8. The number of hydrogen-bond acceptors (Lipinski definition) is 4. The van der Waals surface area contributed by atoms with Gasteiger partial charge in [-0.15, -0.1) is 0 Å². The van der Waals surface area contributed by atoms with E-state index in [1.54, 1.807) is 50.2 Å². The second-order valence-electron chi connectivity index (χ2n) is 8.88. The average molecular weight is 611 g/mol. The number of aryl methyl sites for hydroxylation is 1. The number of benzene rings is 3. The number of sulfonamides is 1. The summed E-state index contributed by atoms with van der Waals surface area (Å²) in [5.74, 6) is -0.917. The van der Waals surface area contributed by atoms with Gasteiger partial charge in [0.2, 0.25) is 11.8 Å². The Labute approximate surface area is 244 Å². The van der Waals surface area contributed by atoms with Crippen LogP contribution >= 0.6 is 34.8 Å². The summed E-state index contributed by atoms with van der Waals surface area (Å²) in [4.78, 5) is 28.3. The Hall–Kier alpha value is -2.78. The van der Waals surface area contributed by atoms with Gasteiger partial charge in [0.25, 0.3) is 10.0 Å². The standard InChI is InChI=1S/C28H30Cl3N3O4S/c1-4-26(28(36)32-5-2)33(17-20-9-10-22(30)16-25(20)31)27(35)18-34(23-8-6-7-19(3)15-23)39(37,38)24-13-11-21(29)12-14-24/h6-16,26H,4-5,17-18H2,1-3H3,(H,32,36)/t26-/m0/s1. The highest BCUT2D eigenvalue weighted by atomic mass is 35.5. The van der Waals surface area contributed by atoms with Crippen LogP contribution in [0, 0.1) is 6.92 Å². The molecule has 0 fully saturated rings. The zero-order valence-electron chi connectivity index (χ0n) is 21.8. The normalized spacial score (nSPS) is 12.1. The fourth-order valence-electron chi connectivity index (χ4n) is 4.09. The van der Waals surface area contributed by atoms with Crippen LogP contribution in [0.1, 0.15) is 31.4 Å². The highest BCUT2D eigenvalue weighted by molar-refractivity contribution is 7.92. The van der Waals surface area contributed by atoms with Gasteiger partial charge in [0.15, 0.2) is 0 Å². The molecule has 208 valence electrons. The number of hydrogen-bond donors (Lipinski definition) is 1. The van der Waals surface area contributed by atoms with Gasteiger partial charge in [0.05, 0.1) is 10.6 Å². The second kappa shape index (κ2) is 13.5. The maximum absolute atomic E-state index is 14.0. The molecule has 3 rings (SSSR count). The van der Waals surface area contributed by atoms with Gasteiger partial charge in [-0.05, 0) is 79.9 Å². The summed E-state index contributed by atoms with van der Waals surface area (Å²) in [6.07, 6.45) is 0.303. The zero-order chi connectivity index (χ0) is 28.7. The Balaban J connectivity index is 2.08. The molecule has 0 saturated carbocycles. The molecule has 0 aliphatic carbocycles. The third kappa shape index (κ3) is 7.66. The molecule has 39 heavy (non-hydrogen) atoms. The number of amides is 2. The molecule has 0 radical (unpaired) electrons. The van der Waals surface area contributed by atoms with Crippen molar-refractivity contribution in [2.45, 2.75) is 44.7 Å². The molecule has 0 aliphatic rings. The predicted octanol–water partition coefficient (Wildman–Crippen LogP) is 6.09. The van der Waals surface area contributed by atoms with Crippen LogP contribution < -0.4 is 9.62 Å². The van der Waals surface area contributed by atoms with Crippen molar-refractivity contribution in [2.75, 3.05) is 17.4 Å². The molecule has 0 spiro atoms. The molecule has 0 unspecified atom stereocenters. The largest absolute Gasteiger partial charge is 0.355 e. The monoisotopic (exact) mass is 609 g/mol. The molecule has 3 aromatic rings. The number of halogens is 3. The van der Waals surface area contributed by atoms with Gasteiger partial charge in [-0.2, -0.15) is 0 Å². The molecule has 0 aliphatic heterocycles. The molecule has 2 amide bonds. The minimum absolute atomic E-state index is 0.0207. The lowest BCUT2D eigenvalue weighted by Gasteiger charge is -2.33. The van der Waals surface area contributed by atoms with E-state index >= 15 is 0 Å². The van der Waals surface area contributed by atoms with Crippen molar-refractivity contribution in [3.8, 4) is 0 Å². The summed E-state index contributed by atoms with van der Waals surface area (Å²) < 4.78 is 28.7. The van der Waals surface area contributed by atoms with Crippen LogP contribution in [0.3, 0.4) is 0 Å². The molecule has 0 heterocycles. The van der Waals surface area contributed by atoms with Crippen molar-refractivity contribution in [2.24, 2.45) is 0 Å². The summed E-state index contributed by atoms with van der Waals surface area (Å²) >= 11 is 18.5. The summed E-state index contributed by atoms with van der Waals surface area (Å²) in [7, 11) is -4.18. The molecule has 0 saturated heterocycles. The molecule has 1 atom stereocenters. The van der Waals surface area contributed by atoms with Gasteiger partial charge in [-0.1, -0.05) is 59.9 Å². The van der Waals surface area contributed by atoms with Crippen LogP contribution in [0.25, 0.3) is 0 Å². The number of nitrogens with zero attached hydrogens (tertiary/aromatic N) is 2. The van der Waals surface area contributed by atoms with E-state index in [9.17, 15) is 18.0 Å². The molecule has 3 aromatic carbocycles. The number of nitrogens with one attached hydrogen (secondary N) is 1. The van der Waals surface area contributed by atoms with E-state index in [1.807, 2.05) is 13.0 Å². The first-order valence-corrected chi connectivity index (χ1v) is 14.9. The minimum Gasteiger partial charge on any atom is -0.355 e. The van der Waals surface area contributed by atoms with Gasteiger partial charge in [0, 0.05) is 28.2 Å². The Morgan fingerprint density at radius 3 is 2.18 bits per heavy atom. The van der Waals surface area contributed by atoms with E-state index in [0.717, 1.165) is 9.87 Å². The first-order valence-electron chi connectivity index (χ1n) is 12.3. The lowest BCUT2D eigenvalue weighted by Crippen LogP contribution is -2.52. The highest BCUT2D eigenvalue weighted by Gasteiger charge is 2.33. The van der Waals surface area contributed by atoms with Crippen LogP contribution in [0.4, 0.5) is 5.69 Å². The van der Waals surface area contributed by atoms with Crippen molar-refractivity contribution in [1.82, 2.24) is 10.2 Å². The smallest absolute Gasteiger partial charge is 0.264 e. The number of carbonyl (C=O) groups is 2. The van der Waals surface area contributed by atoms with Crippen LogP contribution in [-0.4, -0.2) is 44.3 Å². The summed E-state index contributed by atoms with van der Waals surface area (Å²) in [5, 5.41) is 3.90. The first-order chi connectivity index (χ1) is 18.5. The Morgan fingerprint density at radius 1 is 0.923 bits per heavy atom. The third-order valence-corrected chi connectivity index (χ3v) is 8.69. The van der Waals surface area contributed by atoms with Crippen LogP contribution in [0.2, 0.25) is 15.1 Å². The zero-order valence-corrected chi connectivity index (χ0v) is 24.9. The van der Waals surface area contributed by atoms with Crippen LogP contribution in [0.5, 0.6) is 0 Å². The maximum atomic E-state index is 14.0. The van der Waals surface area contributed by atoms with E-state index in [4.69, 9.17) is 34.8 Å². The van der Waals surface area contributed by atoms with E-state index in [0.29, 0.717) is 39.3 Å². The Kier molecular flexibility index (Phi) is 10.7. The van der Waals surface area contributed by atoms with Crippen molar-refractivity contribution >= 4 is 62.3 Å². The fraction of sp³-hybridized carbons (Fsp3) is 0.286. The minimum atomic E-state index is -4.18. The molecular weight excluding hydrogens is 581 g/mol. The summed E-state index contributed by atoms with van der Waals surface area (Å²) in [5.41, 5.74) is 1.70. The molecule has 1 N–H and O–H groups in total. The average Bonchev–Trinajstić information content (AvgIpc) is 2.88.